The number of carbonyl (C=O) groups excluding carboxylic acids is 1. The van der Waals surface area contributed by atoms with E-state index in [2.05, 4.69) is 9.97 Å². The molecule has 1 aromatic heterocycles. The van der Waals surface area contributed by atoms with Gasteiger partial charge >= 0.3 is 0 Å². The number of rotatable bonds is 2. The van der Waals surface area contributed by atoms with Crippen LogP contribution in [0.25, 0.3) is 0 Å². The van der Waals surface area contributed by atoms with Gasteiger partial charge in [-0.15, -0.1) is 0 Å². The minimum Gasteiger partial charge on any atom is -0.393 e. The fourth-order valence-electron chi connectivity index (χ4n) is 4.09. The van der Waals surface area contributed by atoms with E-state index < -0.39 is 11.7 Å². The lowest BCUT2D eigenvalue weighted by atomic mass is 9.81. The predicted octanol–water partition coefficient (Wildman–Crippen LogP) is 1.66. The number of H-pyrrole nitrogens is 1. The number of nitrogens with one attached hydrogen (secondary N) is 1. The number of aromatic nitrogens is 2. The molecule has 2 atom stereocenters. The highest BCUT2D eigenvalue weighted by atomic mass is 16.5. The molecule has 2 N–H and O–H groups in total. The van der Waals surface area contributed by atoms with Crippen LogP contribution in [0.3, 0.4) is 0 Å². The van der Waals surface area contributed by atoms with Crippen LogP contribution >= 0.6 is 0 Å². The summed E-state index contributed by atoms with van der Waals surface area (Å²) >= 11 is 0. The molecule has 0 aliphatic carbocycles. The zero-order chi connectivity index (χ0) is 18.9. The van der Waals surface area contributed by atoms with Crippen molar-refractivity contribution in [3.63, 3.8) is 0 Å². The summed E-state index contributed by atoms with van der Waals surface area (Å²) in [4.78, 5) is 31.8. The van der Waals surface area contributed by atoms with Crippen LogP contribution in [0.1, 0.15) is 47.8 Å². The number of hydrogen-bond acceptors (Lipinski definition) is 5. The van der Waals surface area contributed by atoms with Gasteiger partial charge in [-0.3, -0.25) is 9.59 Å². The van der Waals surface area contributed by atoms with E-state index in [0.29, 0.717) is 38.8 Å². The van der Waals surface area contributed by atoms with E-state index in [4.69, 9.17) is 4.74 Å². The molecule has 2 aliphatic heterocycles. The first kappa shape index (κ1) is 17.9. The molecule has 2 saturated heterocycles. The van der Waals surface area contributed by atoms with Crippen LogP contribution in [0.5, 0.6) is 0 Å². The Morgan fingerprint density at radius 1 is 1.26 bits per heavy atom. The van der Waals surface area contributed by atoms with Gasteiger partial charge in [0.2, 0.25) is 0 Å². The van der Waals surface area contributed by atoms with Gasteiger partial charge in [0, 0.05) is 32.1 Å². The highest BCUT2D eigenvalue weighted by Gasteiger charge is 2.44. The van der Waals surface area contributed by atoms with Crippen LogP contribution in [-0.4, -0.2) is 50.7 Å². The molecular weight excluding hydrogens is 346 g/mol. The summed E-state index contributed by atoms with van der Waals surface area (Å²) in [6, 6.07) is 9.97. The monoisotopic (exact) mass is 369 g/mol. The molecule has 0 unspecified atom stereocenters. The fraction of sp³-hybridized carbons (Fsp3) is 0.450. The Labute approximate surface area is 157 Å². The van der Waals surface area contributed by atoms with Crippen molar-refractivity contribution >= 4 is 5.91 Å². The van der Waals surface area contributed by atoms with Crippen LogP contribution in [-0.2, 0) is 4.74 Å². The number of carbonyl (C=O) groups is 1. The second-order valence-electron chi connectivity index (χ2n) is 7.38. The lowest BCUT2D eigenvalue weighted by Crippen LogP contribution is -2.52. The molecule has 7 heteroatoms. The van der Waals surface area contributed by atoms with E-state index >= 15 is 0 Å². The summed E-state index contributed by atoms with van der Waals surface area (Å²) in [5.74, 6) is -0.197. The number of amides is 1. The van der Waals surface area contributed by atoms with Crippen LogP contribution in [0.15, 0.2) is 47.5 Å². The van der Waals surface area contributed by atoms with Gasteiger partial charge in [0.25, 0.3) is 11.5 Å². The van der Waals surface area contributed by atoms with Crippen LogP contribution in [0.4, 0.5) is 0 Å². The SMILES string of the molecule is O=C(c1c[nH]c(=O)cn1)N1CCC2(CC1)C[C@H](O)C[C@H](c1ccccc1)O2. The van der Waals surface area contributed by atoms with Crippen LogP contribution in [0, 0.1) is 0 Å². The van der Waals surface area contributed by atoms with E-state index in [0.717, 1.165) is 11.8 Å². The Kier molecular flexibility index (Phi) is 4.80. The van der Waals surface area contributed by atoms with E-state index in [1.165, 1.54) is 6.20 Å². The van der Waals surface area contributed by atoms with Crippen molar-refractivity contribution in [3.8, 4) is 0 Å². The topological polar surface area (TPSA) is 95.5 Å². The third-order valence-corrected chi connectivity index (χ3v) is 5.51. The number of nitrogens with zero attached hydrogens (tertiary/aromatic N) is 2. The van der Waals surface area contributed by atoms with E-state index in [1.807, 2.05) is 30.3 Å². The zero-order valence-corrected chi connectivity index (χ0v) is 15.0. The van der Waals surface area contributed by atoms with Crippen molar-refractivity contribution in [3.05, 3.63) is 64.3 Å². The standard InChI is InChI=1S/C20H23N3O4/c24-15-10-17(14-4-2-1-3-5-14)27-20(11-15)6-8-23(9-7-20)19(26)16-12-22-18(25)13-21-16/h1-5,12-13,15,17,24H,6-11H2,(H,22,25)/t15-,17-/m1/s1. The molecule has 0 bridgehead atoms. The highest BCUT2D eigenvalue weighted by molar-refractivity contribution is 5.92. The van der Waals surface area contributed by atoms with Crippen molar-refractivity contribution < 1.29 is 14.6 Å². The fourth-order valence-corrected chi connectivity index (χ4v) is 4.09. The molecule has 0 radical (unpaired) electrons. The molecule has 1 spiro atoms. The zero-order valence-electron chi connectivity index (χ0n) is 15.0. The molecular formula is C20H23N3O4. The number of aromatic amines is 1. The Morgan fingerprint density at radius 3 is 2.67 bits per heavy atom. The highest BCUT2D eigenvalue weighted by Crippen LogP contribution is 2.43. The molecule has 4 rings (SSSR count). The van der Waals surface area contributed by atoms with Gasteiger partial charge in [-0.25, -0.2) is 4.98 Å². The minimum absolute atomic E-state index is 0.127. The van der Waals surface area contributed by atoms with Crippen molar-refractivity contribution in [2.45, 2.75) is 43.5 Å². The van der Waals surface area contributed by atoms with Crippen molar-refractivity contribution in [2.75, 3.05) is 13.1 Å². The van der Waals surface area contributed by atoms with E-state index in [1.54, 1.807) is 4.90 Å². The predicted molar refractivity (Wildman–Crippen MR) is 98.2 cm³/mol. The molecule has 7 nitrogen and oxygen atoms in total. The molecule has 3 heterocycles. The minimum atomic E-state index is -0.410. The van der Waals surface area contributed by atoms with Gasteiger partial charge in [-0.05, 0) is 18.4 Å². The Balaban J connectivity index is 1.44. The second kappa shape index (κ2) is 7.25. The normalized spacial score (nSPS) is 24.7. The summed E-state index contributed by atoms with van der Waals surface area (Å²) in [5.41, 5.74) is 0.567. The summed E-state index contributed by atoms with van der Waals surface area (Å²) in [5, 5.41) is 10.4. The van der Waals surface area contributed by atoms with Crippen LogP contribution in [0.2, 0.25) is 0 Å². The quantitative estimate of drug-likeness (QED) is 0.839. The number of likely N-dealkylation sites (tertiary alicyclic amines) is 1. The average Bonchev–Trinajstić information content (AvgIpc) is 2.69. The molecule has 2 aliphatic rings. The number of ether oxygens (including phenoxy) is 1. The Bertz CT molecular complexity index is 839. The van der Waals surface area contributed by atoms with Crippen LogP contribution < -0.4 is 5.56 Å². The molecule has 27 heavy (non-hydrogen) atoms. The Hall–Kier alpha value is -2.51. The van der Waals surface area contributed by atoms with Crippen molar-refractivity contribution in [1.82, 2.24) is 14.9 Å². The lowest BCUT2D eigenvalue weighted by molar-refractivity contribution is -0.181. The number of piperidine rings is 1. The summed E-state index contributed by atoms with van der Waals surface area (Å²) in [6.45, 7) is 1.07. The van der Waals surface area contributed by atoms with Gasteiger partial charge in [-0.1, -0.05) is 30.3 Å². The van der Waals surface area contributed by atoms with Gasteiger partial charge in [0.15, 0.2) is 0 Å². The van der Waals surface area contributed by atoms with Gasteiger partial charge in [0.05, 0.1) is 24.0 Å². The number of aliphatic hydroxyl groups excluding tert-OH is 1. The molecule has 1 amide bonds. The smallest absolute Gasteiger partial charge is 0.273 e. The third kappa shape index (κ3) is 3.79. The molecule has 1 aromatic carbocycles. The van der Waals surface area contributed by atoms with Gasteiger partial charge < -0.3 is 19.7 Å². The molecule has 142 valence electrons. The first-order chi connectivity index (χ1) is 13.0. The third-order valence-electron chi connectivity index (χ3n) is 5.51. The van der Waals surface area contributed by atoms with Crippen molar-refractivity contribution in [2.24, 2.45) is 0 Å². The largest absolute Gasteiger partial charge is 0.393 e. The van der Waals surface area contributed by atoms with Crippen molar-refractivity contribution in [1.29, 1.82) is 0 Å². The molecule has 0 saturated carbocycles. The maximum absolute atomic E-state index is 12.6. The number of hydrogen-bond donors (Lipinski definition) is 2. The van der Waals surface area contributed by atoms with E-state index in [-0.39, 0.29) is 23.3 Å². The molecule has 2 fully saturated rings. The second-order valence-corrected chi connectivity index (χ2v) is 7.38. The maximum atomic E-state index is 12.6. The lowest BCUT2D eigenvalue weighted by Gasteiger charge is -2.48. The van der Waals surface area contributed by atoms with E-state index in [9.17, 15) is 14.7 Å². The summed E-state index contributed by atoms with van der Waals surface area (Å²) < 4.78 is 6.46. The summed E-state index contributed by atoms with van der Waals surface area (Å²) in [7, 11) is 0. The van der Waals surface area contributed by atoms with Gasteiger partial charge in [0.1, 0.15) is 5.69 Å². The van der Waals surface area contributed by atoms with Gasteiger partial charge in [-0.2, -0.15) is 0 Å². The first-order valence-corrected chi connectivity index (χ1v) is 9.29. The Morgan fingerprint density at radius 2 is 2.00 bits per heavy atom. The summed E-state index contributed by atoms with van der Waals surface area (Å²) in [6.07, 6.45) is 4.45. The number of benzene rings is 1. The first-order valence-electron chi connectivity index (χ1n) is 9.29. The molecule has 2 aromatic rings. The number of aliphatic hydroxyl groups is 1. The average molecular weight is 369 g/mol. The maximum Gasteiger partial charge on any atom is 0.273 e.